The van der Waals surface area contributed by atoms with Crippen molar-refractivity contribution >= 4 is 28.1 Å². The lowest BCUT2D eigenvalue weighted by Gasteiger charge is -2.18. The maximum absolute atomic E-state index is 12.9. The molecule has 3 aromatic rings. The van der Waals surface area contributed by atoms with E-state index in [0.29, 0.717) is 11.7 Å². The lowest BCUT2D eigenvalue weighted by molar-refractivity contribution is 0.0989. The zero-order valence-corrected chi connectivity index (χ0v) is 15.1. The van der Waals surface area contributed by atoms with Crippen molar-refractivity contribution in [3.8, 4) is 11.3 Å². The molecule has 1 aliphatic heterocycles. The molecule has 1 amide bonds. The largest absolute Gasteiger partial charge is 0.375 e. The summed E-state index contributed by atoms with van der Waals surface area (Å²) >= 11 is 1.50. The third kappa shape index (κ3) is 2.81. The Balaban J connectivity index is 1.68. The molecule has 0 atom stereocenters. The van der Waals surface area contributed by atoms with E-state index in [2.05, 4.69) is 11.1 Å². The number of hydrogen-bond donors (Lipinski definition) is 1. The minimum Gasteiger partial charge on any atom is -0.375 e. The van der Waals surface area contributed by atoms with Gasteiger partial charge in [0.05, 0.1) is 5.69 Å². The lowest BCUT2D eigenvalue weighted by Crippen LogP contribution is -2.28. The van der Waals surface area contributed by atoms with Gasteiger partial charge < -0.3 is 10.6 Å². The van der Waals surface area contributed by atoms with Crippen LogP contribution in [0.25, 0.3) is 11.3 Å². The van der Waals surface area contributed by atoms with Crippen LogP contribution in [0, 0.1) is 13.8 Å². The number of thiazole rings is 1. The first kappa shape index (κ1) is 15.8. The maximum Gasteiger partial charge on any atom is 0.258 e. The van der Waals surface area contributed by atoms with Crippen LogP contribution < -0.4 is 10.6 Å². The van der Waals surface area contributed by atoms with Crippen LogP contribution in [0.5, 0.6) is 0 Å². The number of amides is 1. The van der Waals surface area contributed by atoms with Gasteiger partial charge in [-0.05, 0) is 50.1 Å². The van der Waals surface area contributed by atoms with Gasteiger partial charge in [0.1, 0.15) is 0 Å². The third-order valence-corrected chi connectivity index (χ3v) is 5.37. The molecule has 0 bridgehead atoms. The predicted octanol–water partition coefficient (Wildman–Crippen LogP) is 4.21. The number of hydrogen-bond acceptors (Lipinski definition) is 4. The molecule has 1 aliphatic rings. The van der Waals surface area contributed by atoms with Gasteiger partial charge in [-0.25, -0.2) is 4.98 Å². The Morgan fingerprint density at radius 3 is 2.76 bits per heavy atom. The second kappa shape index (κ2) is 6.01. The number of carbonyl (C=O) groups excluding carboxylic acids is 1. The summed E-state index contributed by atoms with van der Waals surface area (Å²) in [6.45, 7) is 4.75. The molecule has 4 rings (SSSR count). The van der Waals surface area contributed by atoms with Crippen LogP contribution in [0.4, 0.5) is 10.8 Å². The molecule has 0 unspecified atom stereocenters. The van der Waals surface area contributed by atoms with E-state index in [9.17, 15) is 4.79 Å². The Kier molecular flexibility index (Phi) is 3.81. The second-order valence-corrected chi connectivity index (χ2v) is 7.61. The molecular weight excluding hydrogens is 330 g/mol. The Hall–Kier alpha value is -2.66. The predicted molar refractivity (Wildman–Crippen MR) is 103 cm³/mol. The van der Waals surface area contributed by atoms with Gasteiger partial charge in [0, 0.05) is 28.2 Å². The first-order valence-corrected chi connectivity index (χ1v) is 9.09. The van der Waals surface area contributed by atoms with Crippen molar-refractivity contribution in [2.24, 2.45) is 0 Å². The van der Waals surface area contributed by atoms with Crippen molar-refractivity contribution in [3.63, 3.8) is 0 Å². The van der Waals surface area contributed by atoms with Gasteiger partial charge in [-0.1, -0.05) is 23.8 Å². The molecule has 0 spiro atoms. The average Bonchev–Trinajstić information content (AvgIpc) is 3.16. The van der Waals surface area contributed by atoms with Crippen molar-refractivity contribution in [1.82, 2.24) is 4.98 Å². The molecule has 0 fully saturated rings. The number of benzene rings is 2. The highest BCUT2D eigenvalue weighted by Gasteiger charge is 2.26. The number of aryl methyl sites for hydroxylation is 2. The molecule has 0 radical (unpaired) electrons. The van der Waals surface area contributed by atoms with E-state index >= 15 is 0 Å². The van der Waals surface area contributed by atoms with Crippen molar-refractivity contribution in [2.45, 2.75) is 20.3 Å². The molecule has 126 valence electrons. The smallest absolute Gasteiger partial charge is 0.258 e. The van der Waals surface area contributed by atoms with Crippen molar-refractivity contribution in [2.75, 3.05) is 17.2 Å². The van der Waals surface area contributed by atoms with Crippen LogP contribution in [-0.4, -0.2) is 17.4 Å². The zero-order valence-electron chi connectivity index (χ0n) is 14.2. The maximum atomic E-state index is 12.9. The van der Waals surface area contributed by atoms with Crippen molar-refractivity contribution in [1.29, 1.82) is 0 Å². The molecule has 2 aromatic carbocycles. The summed E-state index contributed by atoms with van der Waals surface area (Å²) < 4.78 is 0. The Morgan fingerprint density at radius 1 is 1.20 bits per heavy atom. The minimum atomic E-state index is 0.0595. The average molecular weight is 349 g/mol. The number of nitrogen functional groups attached to an aromatic ring is 1. The Labute approximate surface area is 150 Å². The first-order chi connectivity index (χ1) is 12.0. The minimum absolute atomic E-state index is 0.0595. The number of rotatable bonds is 2. The van der Waals surface area contributed by atoms with Crippen LogP contribution in [0.2, 0.25) is 0 Å². The number of aromatic nitrogens is 1. The summed E-state index contributed by atoms with van der Waals surface area (Å²) in [4.78, 5) is 20.3. The van der Waals surface area contributed by atoms with E-state index in [1.807, 2.05) is 55.1 Å². The van der Waals surface area contributed by atoms with Gasteiger partial charge >= 0.3 is 0 Å². The SMILES string of the molecule is Cc1cccc(C(=O)N2CCc3cc(-c4nc(N)sc4C)ccc32)c1. The topological polar surface area (TPSA) is 59.2 Å². The molecule has 0 aliphatic carbocycles. The number of anilines is 2. The Bertz CT molecular complexity index is 977. The fraction of sp³-hybridized carbons (Fsp3) is 0.200. The highest BCUT2D eigenvalue weighted by molar-refractivity contribution is 7.15. The van der Waals surface area contributed by atoms with E-state index in [4.69, 9.17) is 5.73 Å². The monoisotopic (exact) mass is 349 g/mol. The molecule has 5 heteroatoms. The van der Waals surface area contributed by atoms with E-state index in [-0.39, 0.29) is 5.91 Å². The van der Waals surface area contributed by atoms with Crippen LogP contribution in [-0.2, 0) is 6.42 Å². The van der Waals surface area contributed by atoms with E-state index in [1.54, 1.807) is 0 Å². The van der Waals surface area contributed by atoms with Crippen LogP contribution in [0.1, 0.15) is 26.4 Å². The fourth-order valence-corrected chi connectivity index (χ4v) is 4.09. The molecule has 2 heterocycles. The summed E-state index contributed by atoms with van der Waals surface area (Å²) in [7, 11) is 0. The standard InChI is InChI=1S/C20H19N3OS/c1-12-4-3-5-16(10-12)19(24)23-9-8-14-11-15(6-7-17(14)23)18-13(2)25-20(21)22-18/h3-7,10-11H,8-9H2,1-2H3,(H2,21,22). The van der Waals surface area contributed by atoms with Crippen molar-refractivity contribution in [3.05, 3.63) is 64.0 Å². The molecule has 1 aromatic heterocycles. The van der Waals surface area contributed by atoms with Gasteiger partial charge in [0.25, 0.3) is 5.91 Å². The number of carbonyl (C=O) groups is 1. The quantitative estimate of drug-likeness (QED) is 0.754. The van der Waals surface area contributed by atoms with Crippen LogP contribution in [0.15, 0.2) is 42.5 Å². The van der Waals surface area contributed by atoms with Crippen LogP contribution in [0.3, 0.4) is 0 Å². The molecule has 4 nitrogen and oxygen atoms in total. The van der Waals surface area contributed by atoms with Gasteiger partial charge in [-0.15, -0.1) is 11.3 Å². The molecule has 0 saturated heterocycles. The fourth-order valence-electron chi connectivity index (χ4n) is 3.38. The molecule has 0 saturated carbocycles. The Morgan fingerprint density at radius 2 is 2.04 bits per heavy atom. The summed E-state index contributed by atoms with van der Waals surface area (Å²) in [5, 5.41) is 0.587. The molecule has 25 heavy (non-hydrogen) atoms. The lowest BCUT2D eigenvalue weighted by atomic mass is 10.1. The number of fused-ring (bicyclic) bond motifs is 1. The third-order valence-electron chi connectivity index (χ3n) is 4.57. The summed E-state index contributed by atoms with van der Waals surface area (Å²) in [5.41, 5.74) is 11.8. The molecular formula is C20H19N3OS. The number of nitrogens with zero attached hydrogens (tertiary/aromatic N) is 2. The first-order valence-electron chi connectivity index (χ1n) is 8.27. The second-order valence-electron chi connectivity index (χ2n) is 6.38. The number of nitrogens with two attached hydrogens (primary N) is 1. The van der Waals surface area contributed by atoms with Gasteiger partial charge in [-0.2, -0.15) is 0 Å². The summed E-state index contributed by atoms with van der Waals surface area (Å²) in [5.74, 6) is 0.0595. The van der Waals surface area contributed by atoms with Crippen LogP contribution >= 0.6 is 11.3 Å². The van der Waals surface area contributed by atoms with E-state index < -0.39 is 0 Å². The molecule has 2 N–H and O–H groups in total. The zero-order chi connectivity index (χ0) is 17.6. The highest BCUT2D eigenvalue weighted by atomic mass is 32.1. The van der Waals surface area contributed by atoms with Gasteiger partial charge in [0.15, 0.2) is 5.13 Å². The van der Waals surface area contributed by atoms with Gasteiger partial charge in [-0.3, -0.25) is 4.79 Å². The highest BCUT2D eigenvalue weighted by Crippen LogP contribution is 2.35. The van der Waals surface area contributed by atoms with Crippen molar-refractivity contribution < 1.29 is 4.79 Å². The van der Waals surface area contributed by atoms with Gasteiger partial charge in [0.2, 0.25) is 0 Å². The normalized spacial score (nSPS) is 13.1. The van der Waals surface area contributed by atoms with E-state index in [1.165, 1.54) is 16.9 Å². The van der Waals surface area contributed by atoms with E-state index in [0.717, 1.165) is 39.4 Å². The summed E-state index contributed by atoms with van der Waals surface area (Å²) in [6.07, 6.45) is 0.861. The summed E-state index contributed by atoms with van der Waals surface area (Å²) in [6, 6.07) is 13.9.